The molecule has 0 saturated carbocycles. The molecule has 1 N–H and O–H groups in total. The lowest BCUT2D eigenvalue weighted by Gasteiger charge is -2.24. The Kier molecular flexibility index (Phi) is 3.56. The molecule has 0 aliphatic carbocycles. The summed E-state index contributed by atoms with van der Waals surface area (Å²) in [5.41, 5.74) is -0.512. The maximum Gasteiger partial charge on any atom is 0.417 e. The van der Waals surface area contributed by atoms with Crippen molar-refractivity contribution in [3.63, 3.8) is 0 Å². The smallest absolute Gasteiger partial charge is 0.369 e. The number of alkyl halides is 3. The van der Waals surface area contributed by atoms with Gasteiger partial charge in [-0.25, -0.2) is 0 Å². The number of nitrogens with one attached hydrogen (secondary N) is 1. The van der Waals surface area contributed by atoms with Crippen molar-refractivity contribution >= 4 is 11.6 Å². The van der Waals surface area contributed by atoms with Crippen molar-refractivity contribution in [2.24, 2.45) is 0 Å². The van der Waals surface area contributed by atoms with Crippen LogP contribution in [0.15, 0.2) is 12.3 Å². The van der Waals surface area contributed by atoms with Crippen LogP contribution < -0.4 is 5.32 Å². The normalized spacial score (nSPS) is 21.5. The third-order valence-corrected chi connectivity index (χ3v) is 2.73. The minimum absolute atomic E-state index is 0.0199. The van der Waals surface area contributed by atoms with Gasteiger partial charge in [0.25, 0.3) is 0 Å². The van der Waals surface area contributed by atoms with Gasteiger partial charge in [-0.05, 0) is 6.07 Å². The molecule has 2 rings (SSSR count). The van der Waals surface area contributed by atoms with Crippen LogP contribution >= 0.6 is 11.6 Å². The van der Waals surface area contributed by atoms with Gasteiger partial charge in [-0.3, -0.25) is 4.98 Å². The molecule has 3 nitrogen and oxygen atoms in total. The van der Waals surface area contributed by atoms with Gasteiger partial charge < -0.3 is 10.1 Å². The minimum atomic E-state index is -4.43. The number of hydrogen-bond donors (Lipinski definition) is 1. The molecule has 1 saturated heterocycles. The predicted molar refractivity (Wildman–Crippen MR) is 55.8 cm³/mol. The first-order chi connectivity index (χ1) is 7.98. The molecule has 1 aliphatic heterocycles. The number of morpholine rings is 1. The first kappa shape index (κ1) is 12.6. The van der Waals surface area contributed by atoms with E-state index in [9.17, 15) is 13.2 Å². The summed E-state index contributed by atoms with van der Waals surface area (Å²) in [4.78, 5) is 3.75. The monoisotopic (exact) mass is 266 g/mol. The minimum Gasteiger partial charge on any atom is -0.369 e. The third kappa shape index (κ3) is 2.88. The van der Waals surface area contributed by atoms with Crippen molar-refractivity contribution in [3.05, 3.63) is 28.5 Å². The summed E-state index contributed by atoms with van der Waals surface area (Å²) < 4.78 is 42.6. The third-order valence-electron chi connectivity index (χ3n) is 2.43. The molecule has 0 spiro atoms. The molecule has 7 heteroatoms. The molecule has 1 atom stereocenters. The zero-order valence-corrected chi connectivity index (χ0v) is 9.48. The fourth-order valence-electron chi connectivity index (χ4n) is 1.58. The second-order valence-corrected chi connectivity index (χ2v) is 4.06. The van der Waals surface area contributed by atoms with E-state index in [1.165, 1.54) is 0 Å². The Balaban J connectivity index is 2.25. The van der Waals surface area contributed by atoms with E-state index >= 15 is 0 Å². The Morgan fingerprint density at radius 1 is 1.47 bits per heavy atom. The summed E-state index contributed by atoms with van der Waals surface area (Å²) in [6, 6.07) is 0.877. The van der Waals surface area contributed by atoms with Crippen LogP contribution in [0.2, 0.25) is 5.02 Å². The van der Waals surface area contributed by atoms with Gasteiger partial charge in [-0.1, -0.05) is 11.6 Å². The summed E-state index contributed by atoms with van der Waals surface area (Å²) in [5, 5.41) is 3.04. The molecule has 1 aromatic rings. The van der Waals surface area contributed by atoms with Crippen molar-refractivity contribution in [1.82, 2.24) is 10.3 Å². The summed E-state index contributed by atoms with van der Waals surface area (Å²) in [7, 11) is 0. The largest absolute Gasteiger partial charge is 0.417 e. The summed E-state index contributed by atoms with van der Waals surface area (Å²) in [5.74, 6) is 0. The van der Waals surface area contributed by atoms with E-state index < -0.39 is 17.8 Å². The lowest BCUT2D eigenvalue weighted by atomic mass is 10.1. The van der Waals surface area contributed by atoms with Crippen LogP contribution in [0.4, 0.5) is 13.2 Å². The van der Waals surface area contributed by atoms with Gasteiger partial charge in [0.05, 0.1) is 22.9 Å². The van der Waals surface area contributed by atoms with Gasteiger partial charge in [0, 0.05) is 19.3 Å². The van der Waals surface area contributed by atoms with E-state index in [2.05, 4.69) is 10.3 Å². The predicted octanol–water partition coefficient (Wildman–Crippen LogP) is 2.41. The topological polar surface area (TPSA) is 34.2 Å². The highest BCUT2D eigenvalue weighted by Gasteiger charge is 2.32. The van der Waals surface area contributed by atoms with Crippen molar-refractivity contribution in [3.8, 4) is 0 Å². The molecule has 17 heavy (non-hydrogen) atoms. The first-order valence-electron chi connectivity index (χ1n) is 5.03. The Bertz CT molecular complexity index is 405. The maximum absolute atomic E-state index is 12.4. The fraction of sp³-hybridized carbons (Fsp3) is 0.500. The van der Waals surface area contributed by atoms with Gasteiger partial charge in [0.15, 0.2) is 0 Å². The van der Waals surface area contributed by atoms with Gasteiger partial charge in [0.2, 0.25) is 0 Å². The molecule has 2 heterocycles. The lowest BCUT2D eigenvalue weighted by molar-refractivity contribution is -0.137. The second kappa shape index (κ2) is 4.80. The van der Waals surface area contributed by atoms with Crippen LogP contribution in [-0.4, -0.2) is 24.7 Å². The van der Waals surface area contributed by atoms with E-state index in [-0.39, 0.29) is 5.02 Å². The summed E-state index contributed by atoms with van der Waals surface area (Å²) >= 11 is 5.80. The van der Waals surface area contributed by atoms with Crippen LogP contribution in [0.1, 0.15) is 17.4 Å². The van der Waals surface area contributed by atoms with Crippen LogP contribution in [-0.2, 0) is 10.9 Å². The van der Waals surface area contributed by atoms with E-state index in [0.29, 0.717) is 18.8 Å². The maximum atomic E-state index is 12.4. The number of pyridine rings is 1. The van der Waals surface area contributed by atoms with Crippen LogP contribution in [0, 0.1) is 0 Å². The van der Waals surface area contributed by atoms with Crippen molar-refractivity contribution in [2.45, 2.75) is 12.3 Å². The van der Waals surface area contributed by atoms with E-state index in [4.69, 9.17) is 16.3 Å². The molecular formula is C10H10ClF3N2O. The van der Waals surface area contributed by atoms with Gasteiger partial charge >= 0.3 is 6.18 Å². The standard InChI is InChI=1S/C10H10ClF3N2O/c11-7-3-6(10(12,13)14)4-16-9(7)8-5-15-1-2-17-8/h3-4,8,15H,1-2,5H2. The SMILES string of the molecule is FC(F)(F)c1cnc(C2CNCCO2)c(Cl)c1. The Hall–Kier alpha value is -0.850. The van der Waals surface area contributed by atoms with E-state index in [1.54, 1.807) is 0 Å². The Morgan fingerprint density at radius 3 is 2.76 bits per heavy atom. The number of hydrogen-bond acceptors (Lipinski definition) is 3. The number of halogens is 4. The van der Waals surface area contributed by atoms with Crippen LogP contribution in [0.25, 0.3) is 0 Å². The molecule has 94 valence electrons. The van der Waals surface area contributed by atoms with E-state index in [0.717, 1.165) is 18.8 Å². The summed E-state index contributed by atoms with van der Waals surface area (Å²) in [6.07, 6.45) is -4.04. The zero-order chi connectivity index (χ0) is 12.5. The molecular weight excluding hydrogens is 257 g/mol. The van der Waals surface area contributed by atoms with Gasteiger partial charge in [0.1, 0.15) is 6.10 Å². The molecule has 1 aliphatic rings. The molecule has 0 amide bonds. The highest BCUT2D eigenvalue weighted by atomic mass is 35.5. The molecule has 0 aromatic carbocycles. The molecule has 1 fully saturated rings. The Morgan fingerprint density at radius 2 is 2.24 bits per heavy atom. The first-order valence-corrected chi connectivity index (χ1v) is 5.41. The van der Waals surface area contributed by atoms with Gasteiger partial charge in [-0.15, -0.1) is 0 Å². The van der Waals surface area contributed by atoms with Gasteiger partial charge in [-0.2, -0.15) is 13.2 Å². The molecule has 0 radical (unpaired) electrons. The average molecular weight is 267 g/mol. The second-order valence-electron chi connectivity index (χ2n) is 3.65. The number of aromatic nitrogens is 1. The number of nitrogens with zero attached hydrogens (tertiary/aromatic N) is 1. The fourth-order valence-corrected chi connectivity index (χ4v) is 1.87. The quantitative estimate of drug-likeness (QED) is 0.848. The van der Waals surface area contributed by atoms with Crippen molar-refractivity contribution in [2.75, 3.05) is 19.7 Å². The highest BCUT2D eigenvalue weighted by Crippen LogP contribution is 2.33. The lowest BCUT2D eigenvalue weighted by Crippen LogP contribution is -2.34. The molecule has 0 bridgehead atoms. The highest BCUT2D eigenvalue weighted by molar-refractivity contribution is 6.31. The molecule has 1 unspecified atom stereocenters. The molecule has 1 aromatic heterocycles. The Labute approximate surface area is 101 Å². The van der Waals surface area contributed by atoms with Crippen molar-refractivity contribution < 1.29 is 17.9 Å². The average Bonchev–Trinajstić information content (AvgIpc) is 2.29. The van der Waals surface area contributed by atoms with E-state index in [1.807, 2.05) is 0 Å². The van der Waals surface area contributed by atoms with Crippen LogP contribution in [0.3, 0.4) is 0 Å². The van der Waals surface area contributed by atoms with Crippen molar-refractivity contribution in [1.29, 1.82) is 0 Å². The number of ether oxygens (including phenoxy) is 1. The van der Waals surface area contributed by atoms with Crippen LogP contribution in [0.5, 0.6) is 0 Å². The zero-order valence-electron chi connectivity index (χ0n) is 8.72. The summed E-state index contributed by atoms with van der Waals surface area (Å²) in [6.45, 7) is 1.70. The number of rotatable bonds is 1.